The minimum Gasteiger partial charge on any atom is -0.350 e. The van der Waals surface area contributed by atoms with Crippen LogP contribution in [0.15, 0.2) is 70.9 Å². The smallest absolute Gasteiger partial charge is 0.251 e. The average Bonchev–Trinajstić information content (AvgIpc) is 3.16. The Balaban J connectivity index is 1.85. The molecule has 6 heteroatoms. The molecule has 0 bridgehead atoms. The largest absolute Gasteiger partial charge is 0.350 e. The van der Waals surface area contributed by atoms with Gasteiger partial charge in [-0.05, 0) is 49.6 Å². The zero-order chi connectivity index (χ0) is 19.4. The number of carbonyl (C=O) groups excluding carboxylic acids is 1. The molecule has 2 aromatic carbocycles. The standard InChI is InChI=1S/C21H21NO3S2/c1-15-5-9-17(10-6-15)21(23)22-14-20(19-4-3-13-26-19)27(24,25)18-11-7-16(2)8-12-18/h3-13,20H,14H2,1-2H3,(H,22,23)/t20-/m1/s1. The summed E-state index contributed by atoms with van der Waals surface area (Å²) >= 11 is 1.37. The highest BCUT2D eigenvalue weighted by Crippen LogP contribution is 2.31. The van der Waals surface area contributed by atoms with Crippen molar-refractivity contribution in [1.29, 1.82) is 0 Å². The Labute approximate surface area is 163 Å². The lowest BCUT2D eigenvalue weighted by atomic mass is 10.1. The molecule has 1 amide bonds. The lowest BCUT2D eigenvalue weighted by molar-refractivity contribution is 0.0953. The van der Waals surface area contributed by atoms with Crippen LogP contribution in [0.5, 0.6) is 0 Å². The minimum atomic E-state index is -3.63. The normalized spacial score (nSPS) is 12.5. The van der Waals surface area contributed by atoms with E-state index in [0.717, 1.165) is 11.1 Å². The molecule has 0 fully saturated rings. The van der Waals surface area contributed by atoms with Gasteiger partial charge in [0.05, 0.1) is 4.90 Å². The van der Waals surface area contributed by atoms with Crippen molar-refractivity contribution >= 4 is 27.1 Å². The minimum absolute atomic E-state index is 0.0173. The third-order valence-electron chi connectivity index (χ3n) is 4.35. The highest BCUT2D eigenvalue weighted by molar-refractivity contribution is 7.91. The van der Waals surface area contributed by atoms with Gasteiger partial charge in [0.2, 0.25) is 0 Å². The predicted molar refractivity (Wildman–Crippen MR) is 109 cm³/mol. The molecule has 0 unspecified atom stereocenters. The third kappa shape index (κ3) is 4.46. The van der Waals surface area contributed by atoms with Crippen LogP contribution in [0, 0.1) is 13.8 Å². The molecular formula is C21H21NO3S2. The van der Waals surface area contributed by atoms with Gasteiger partial charge in [0, 0.05) is 17.0 Å². The Morgan fingerprint density at radius 1 is 0.963 bits per heavy atom. The van der Waals surface area contributed by atoms with Gasteiger partial charge in [-0.25, -0.2) is 8.42 Å². The molecule has 140 valence electrons. The van der Waals surface area contributed by atoms with Gasteiger partial charge in [-0.2, -0.15) is 0 Å². The first kappa shape index (κ1) is 19.3. The third-order valence-corrected chi connectivity index (χ3v) is 7.58. The van der Waals surface area contributed by atoms with Gasteiger partial charge in [-0.1, -0.05) is 41.5 Å². The number of aryl methyl sites for hydroxylation is 2. The summed E-state index contributed by atoms with van der Waals surface area (Å²) in [6, 6.07) is 17.6. The van der Waals surface area contributed by atoms with Crippen molar-refractivity contribution in [2.75, 3.05) is 6.54 Å². The van der Waals surface area contributed by atoms with Crippen LogP contribution in [0.25, 0.3) is 0 Å². The van der Waals surface area contributed by atoms with E-state index in [1.54, 1.807) is 42.5 Å². The highest BCUT2D eigenvalue weighted by atomic mass is 32.2. The lowest BCUT2D eigenvalue weighted by Gasteiger charge is -2.17. The average molecular weight is 400 g/mol. The molecule has 0 spiro atoms. The first-order valence-electron chi connectivity index (χ1n) is 8.57. The summed E-state index contributed by atoms with van der Waals surface area (Å²) in [5, 5.41) is 3.80. The fourth-order valence-electron chi connectivity index (χ4n) is 2.72. The molecule has 0 aliphatic carbocycles. The molecule has 4 nitrogen and oxygen atoms in total. The van der Waals surface area contributed by atoms with Crippen LogP contribution in [-0.4, -0.2) is 20.9 Å². The van der Waals surface area contributed by atoms with E-state index in [2.05, 4.69) is 5.32 Å². The van der Waals surface area contributed by atoms with E-state index >= 15 is 0 Å². The van der Waals surface area contributed by atoms with Gasteiger partial charge in [0.1, 0.15) is 5.25 Å². The molecule has 3 rings (SSSR count). The zero-order valence-corrected chi connectivity index (χ0v) is 16.8. The van der Waals surface area contributed by atoms with E-state index in [4.69, 9.17) is 0 Å². The number of amides is 1. The summed E-state index contributed by atoms with van der Waals surface area (Å²) in [5.41, 5.74) is 2.57. The van der Waals surface area contributed by atoms with E-state index in [0.29, 0.717) is 10.4 Å². The highest BCUT2D eigenvalue weighted by Gasteiger charge is 2.30. The van der Waals surface area contributed by atoms with E-state index in [9.17, 15) is 13.2 Å². The van der Waals surface area contributed by atoms with Gasteiger partial charge < -0.3 is 5.32 Å². The number of rotatable bonds is 6. The molecule has 1 N–H and O–H groups in total. The number of sulfone groups is 1. The zero-order valence-electron chi connectivity index (χ0n) is 15.2. The van der Waals surface area contributed by atoms with Crippen molar-refractivity contribution in [2.24, 2.45) is 0 Å². The SMILES string of the molecule is Cc1ccc(C(=O)NC[C@H](c2cccs2)S(=O)(=O)c2ccc(C)cc2)cc1. The molecule has 0 aliphatic heterocycles. The van der Waals surface area contributed by atoms with Crippen molar-refractivity contribution in [2.45, 2.75) is 24.0 Å². The van der Waals surface area contributed by atoms with E-state index in [-0.39, 0.29) is 17.3 Å². The molecular weight excluding hydrogens is 378 g/mol. The Hall–Kier alpha value is -2.44. The Morgan fingerprint density at radius 3 is 2.11 bits per heavy atom. The Bertz CT molecular complexity index is 1010. The predicted octanol–water partition coefficient (Wildman–Crippen LogP) is 4.31. The number of thiophene rings is 1. The van der Waals surface area contributed by atoms with Crippen LogP contribution in [0.2, 0.25) is 0 Å². The second-order valence-electron chi connectivity index (χ2n) is 6.44. The van der Waals surface area contributed by atoms with Crippen molar-refractivity contribution in [3.05, 3.63) is 87.6 Å². The van der Waals surface area contributed by atoms with Crippen molar-refractivity contribution in [3.8, 4) is 0 Å². The fraction of sp³-hybridized carbons (Fsp3) is 0.190. The molecule has 1 heterocycles. The Kier molecular flexibility index (Phi) is 5.77. The molecule has 0 aliphatic rings. The van der Waals surface area contributed by atoms with Crippen LogP contribution < -0.4 is 5.32 Å². The van der Waals surface area contributed by atoms with E-state index in [1.165, 1.54) is 11.3 Å². The first-order chi connectivity index (χ1) is 12.9. The molecule has 1 aromatic heterocycles. The summed E-state index contributed by atoms with van der Waals surface area (Å²) in [7, 11) is -3.63. The number of carbonyl (C=O) groups is 1. The summed E-state index contributed by atoms with van der Waals surface area (Å²) in [5.74, 6) is -0.282. The van der Waals surface area contributed by atoms with Crippen LogP contribution in [-0.2, 0) is 9.84 Å². The molecule has 0 saturated carbocycles. The summed E-state index contributed by atoms with van der Waals surface area (Å²) < 4.78 is 26.4. The molecule has 0 radical (unpaired) electrons. The van der Waals surface area contributed by atoms with E-state index in [1.807, 2.05) is 37.4 Å². The number of nitrogens with one attached hydrogen (secondary N) is 1. The quantitative estimate of drug-likeness (QED) is 0.672. The van der Waals surface area contributed by atoms with Gasteiger partial charge in [0.15, 0.2) is 9.84 Å². The van der Waals surface area contributed by atoms with Crippen LogP contribution in [0.1, 0.15) is 31.6 Å². The maximum Gasteiger partial charge on any atom is 0.251 e. The number of benzene rings is 2. The fourth-order valence-corrected chi connectivity index (χ4v) is 5.51. The second kappa shape index (κ2) is 8.06. The van der Waals surface area contributed by atoms with Gasteiger partial charge in [0.25, 0.3) is 5.91 Å². The summed E-state index contributed by atoms with van der Waals surface area (Å²) in [6.07, 6.45) is 0. The molecule has 27 heavy (non-hydrogen) atoms. The topological polar surface area (TPSA) is 63.2 Å². The summed E-state index contributed by atoms with van der Waals surface area (Å²) in [4.78, 5) is 13.4. The summed E-state index contributed by atoms with van der Waals surface area (Å²) in [6.45, 7) is 3.88. The van der Waals surface area contributed by atoms with Crippen LogP contribution in [0.4, 0.5) is 0 Å². The Morgan fingerprint density at radius 2 is 1.56 bits per heavy atom. The number of hydrogen-bond donors (Lipinski definition) is 1. The molecule has 3 aromatic rings. The van der Waals surface area contributed by atoms with E-state index < -0.39 is 15.1 Å². The molecule has 0 saturated heterocycles. The monoisotopic (exact) mass is 399 g/mol. The maximum atomic E-state index is 13.2. The van der Waals surface area contributed by atoms with Gasteiger partial charge in [-0.15, -0.1) is 11.3 Å². The van der Waals surface area contributed by atoms with Crippen molar-refractivity contribution in [3.63, 3.8) is 0 Å². The van der Waals surface area contributed by atoms with Gasteiger partial charge in [-0.3, -0.25) is 4.79 Å². The molecule has 1 atom stereocenters. The maximum absolute atomic E-state index is 13.2. The van der Waals surface area contributed by atoms with Crippen molar-refractivity contribution < 1.29 is 13.2 Å². The van der Waals surface area contributed by atoms with Crippen LogP contribution >= 0.6 is 11.3 Å². The second-order valence-corrected chi connectivity index (χ2v) is 9.55. The first-order valence-corrected chi connectivity index (χ1v) is 11.0. The van der Waals surface area contributed by atoms with Crippen LogP contribution in [0.3, 0.4) is 0 Å². The number of hydrogen-bond acceptors (Lipinski definition) is 4. The van der Waals surface area contributed by atoms with Crippen molar-refractivity contribution in [1.82, 2.24) is 5.32 Å². The van der Waals surface area contributed by atoms with Gasteiger partial charge >= 0.3 is 0 Å². The lowest BCUT2D eigenvalue weighted by Crippen LogP contribution is -2.31.